The molecule has 2 saturated carbocycles. The van der Waals surface area contributed by atoms with Crippen LogP contribution in [0.4, 0.5) is 0 Å². The minimum absolute atomic E-state index is 0.00383. The molecule has 4 rings (SSSR count). The summed E-state index contributed by atoms with van der Waals surface area (Å²) in [5.41, 5.74) is 2.29. The van der Waals surface area contributed by atoms with Gasteiger partial charge in [-0.3, -0.25) is 0 Å². The van der Waals surface area contributed by atoms with Crippen LogP contribution in [0.25, 0.3) is 0 Å². The zero-order valence-corrected chi connectivity index (χ0v) is 12.5. The fourth-order valence-corrected chi connectivity index (χ4v) is 5.61. The highest BCUT2D eigenvalue weighted by Gasteiger charge is 2.54. The van der Waals surface area contributed by atoms with Crippen LogP contribution in [0.15, 0.2) is 12.1 Å². The minimum atomic E-state index is -0.141. The average Bonchev–Trinajstić information content (AvgIpc) is 2.78. The number of aromatic hydroxyl groups is 2. The fourth-order valence-electron chi connectivity index (χ4n) is 5.61. The number of phenolic OH excluding ortho intramolecular Hbond substituents is 2. The van der Waals surface area contributed by atoms with Crippen LogP contribution in [0.3, 0.4) is 0 Å². The maximum atomic E-state index is 10.4. The standard InChI is InChI=1S/C18H24O3/c1-18-9-8-11-10-4-6-15(19)17(21)13(10)3-2-12(11)14(18)5-7-16(18)20/h4,6,11-12,14,16,19-21H,2-3,5,7-9H2,1H3/t11-,12+,14-,16+,18+/m1/s1. The lowest BCUT2D eigenvalue weighted by Gasteiger charge is -2.50. The number of hydrogen-bond acceptors (Lipinski definition) is 3. The van der Waals surface area contributed by atoms with Crippen LogP contribution in [-0.4, -0.2) is 21.4 Å². The Morgan fingerprint density at radius 2 is 1.90 bits per heavy atom. The summed E-state index contributed by atoms with van der Waals surface area (Å²) in [5, 5.41) is 30.2. The van der Waals surface area contributed by atoms with E-state index in [0.717, 1.165) is 44.1 Å². The Labute approximate surface area is 125 Å². The first-order chi connectivity index (χ1) is 10.0. The maximum Gasteiger partial charge on any atom is 0.160 e. The molecule has 1 aromatic rings. The van der Waals surface area contributed by atoms with E-state index in [-0.39, 0.29) is 23.0 Å². The van der Waals surface area contributed by atoms with E-state index in [1.165, 1.54) is 5.56 Å². The lowest BCUT2D eigenvalue weighted by atomic mass is 9.55. The van der Waals surface area contributed by atoms with Gasteiger partial charge in [0.25, 0.3) is 0 Å². The molecule has 3 aliphatic carbocycles. The van der Waals surface area contributed by atoms with Crippen molar-refractivity contribution >= 4 is 0 Å². The summed E-state index contributed by atoms with van der Waals surface area (Å²) < 4.78 is 0. The van der Waals surface area contributed by atoms with Gasteiger partial charge in [0.05, 0.1) is 6.10 Å². The number of benzene rings is 1. The molecule has 0 aliphatic heterocycles. The summed E-state index contributed by atoms with van der Waals surface area (Å²) in [4.78, 5) is 0. The molecule has 3 N–H and O–H groups in total. The van der Waals surface area contributed by atoms with Gasteiger partial charge in [0.1, 0.15) is 0 Å². The van der Waals surface area contributed by atoms with Crippen molar-refractivity contribution in [3.05, 3.63) is 23.3 Å². The highest BCUT2D eigenvalue weighted by Crippen LogP contribution is 2.61. The Balaban J connectivity index is 1.74. The van der Waals surface area contributed by atoms with E-state index < -0.39 is 0 Å². The van der Waals surface area contributed by atoms with E-state index >= 15 is 0 Å². The van der Waals surface area contributed by atoms with Crippen LogP contribution in [0.2, 0.25) is 0 Å². The molecule has 0 heterocycles. The van der Waals surface area contributed by atoms with Crippen LogP contribution < -0.4 is 0 Å². The molecule has 1 aromatic carbocycles. The largest absolute Gasteiger partial charge is 0.504 e. The van der Waals surface area contributed by atoms with Gasteiger partial charge in [0.2, 0.25) is 0 Å². The Hall–Kier alpha value is -1.22. The second-order valence-corrected chi connectivity index (χ2v) is 7.55. The van der Waals surface area contributed by atoms with Crippen LogP contribution in [0.1, 0.15) is 56.1 Å². The number of fused-ring (bicyclic) bond motifs is 5. The third-order valence-corrected chi connectivity index (χ3v) is 6.81. The van der Waals surface area contributed by atoms with Gasteiger partial charge in [-0.1, -0.05) is 13.0 Å². The first kappa shape index (κ1) is 13.4. The van der Waals surface area contributed by atoms with Crippen LogP contribution in [0, 0.1) is 17.3 Å². The highest BCUT2D eigenvalue weighted by atomic mass is 16.3. The molecular formula is C18H24O3. The zero-order chi connectivity index (χ0) is 14.8. The van der Waals surface area contributed by atoms with Gasteiger partial charge in [-0.25, -0.2) is 0 Å². The molecule has 5 atom stereocenters. The Bertz CT molecular complexity index is 582. The molecule has 0 aromatic heterocycles. The van der Waals surface area contributed by atoms with Gasteiger partial charge < -0.3 is 15.3 Å². The topological polar surface area (TPSA) is 60.7 Å². The van der Waals surface area contributed by atoms with Crippen molar-refractivity contribution in [3.8, 4) is 11.5 Å². The lowest BCUT2D eigenvalue weighted by molar-refractivity contribution is -0.0227. The normalized spacial score (nSPS) is 41.2. The van der Waals surface area contributed by atoms with E-state index in [2.05, 4.69) is 6.92 Å². The van der Waals surface area contributed by atoms with Crippen LogP contribution in [0.5, 0.6) is 11.5 Å². The number of rotatable bonds is 0. The monoisotopic (exact) mass is 288 g/mol. The van der Waals surface area contributed by atoms with Crippen molar-refractivity contribution in [2.24, 2.45) is 17.3 Å². The zero-order valence-electron chi connectivity index (χ0n) is 12.5. The van der Waals surface area contributed by atoms with Crippen molar-refractivity contribution in [1.29, 1.82) is 0 Å². The highest BCUT2D eigenvalue weighted by molar-refractivity contribution is 5.51. The van der Waals surface area contributed by atoms with Crippen LogP contribution in [-0.2, 0) is 6.42 Å². The lowest BCUT2D eigenvalue weighted by Crippen LogP contribution is -2.43. The molecule has 0 radical (unpaired) electrons. The van der Waals surface area contributed by atoms with Crippen molar-refractivity contribution in [2.75, 3.05) is 0 Å². The van der Waals surface area contributed by atoms with E-state index in [1.54, 1.807) is 6.07 Å². The predicted octanol–water partition coefficient (Wildman–Crippen LogP) is 3.31. The number of hydrogen-bond donors (Lipinski definition) is 3. The molecule has 2 fully saturated rings. The minimum Gasteiger partial charge on any atom is -0.504 e. The Morgan fingerprint density at radius 1 is 1.10 bits per heavy atom. The Kier molecular flexibility index (Phi) is 2.81. The molecule has 0 saturated heterocycles. The van der Waals surface area contributed by atoms with E-state index in [9.17, 15) is 15.3 Å². The molecule has 3 nitrogen and oxygen atoms in total. The van der Waals surface area contributed by atoms with Crippen molar-refractivity contribution in [2.45, 2.75) is 57.5 Å². The molecule has 0 bridgehead atoms. The van der Waals surface area contributed by atoms with Crippen molar-refractivity contribution in [3.63, 3.8) is 0 Å². The summed E-state index contributed by atoms with van der Waals surface area (Å²) in [5.74, 6) is 1.81. The molecule has 3 heteroatoms. The number of aliphatic hydroxyl groups is 1. The first-order valence-corrected chi connectivity index (χ1v) is 8.24. The summed E-state index contributed by atoms with van der Waals surface area (Å²) in [6.45, 7) is 2.27. The SMILES string of the molecule is C[C@]12CC[C@@H]3c4ccc(O)c(O)c4CC[C@@H]3[C@H]1CC[C@@H]2O. The maximum absolute atomic E-state index is 10.4. The summed E-state index contributed by atoms with van der Waals surface area (Å²) in [6.07, 6.45) is 6.02. The molecule has 0 amide bonds. The van der Waals surface area contributed by atoms with Gasteiger partial charge in [-0.2, -0.15) is 0 Å². The van der Waals surface area contributed by atoms with Gasteiger partial charge in [0, 0.05) is 5.56 Å². The first-order valence-electron chi connectivity index (χ1n) is 8.24. The molecule has 114 valence electrons. The van der Waals surface area contributed by atoms with Gasteiger partial charge in [0.15, 0.2) is 11.5 Å². The molecule has 0 spiro atoms. The molecule has 0 unspecified atom stereocenters. The second kappa shape index (κ2) is 4.39. The fraction of sp³-hybridized carbons (Fsp3) is 0.667. The smallest absolute Gasteiger partial charge is 0.160 e. The van der Waals surface area contributed by atoms with Crippen molar-refractivity contribution < 1.29 is 15.3 Å². The quantitative estimate of drug-likeness (QED) is 0.642. The third kappa shape index (κ3) is 1.70. The van der Waals surface area contributed by atoms with Gasteiger partial charge in [-0.05, 0) is 73.3 Å². The van der Waals surface area contributed by atoms with Crippen molar-refractivity contribution in [1.82, 2.24) is 0 Å². The second-order valence-electron chi connectivity index (χ2n) is 7.55. The summed E-state index contributed by atoms with van der Waals surface area (Å²) in [6, 6.07) is 3.64. The predicted molar refractivity (Wildman–Crippen MR) is 80.4 cm³/mol. The van der Waals surface area contributed by atoms with Gasteiger partial charge >= 0.3 is 0 Å². The van der Waals surface area contributed by atoms with Gasteiger partial charge in [-0.15, -0.1) is 0 Å². The Morgan fingerprint density at radius 3 is 2.71 bits per heavy atom. The molecular weight excluding hydrogens is 264 g/mol. The van der Waals surface area contributed by atoms with E-state index in [1.807, 2.05) is 6.07 Å². The summed E-state index contributed by atoms with van der Waals surface area (Å²) >= 11 is 0. The average molecular weight is 288 g/mol. The molecule has 21 heavy (non-hydrogen) atoms. The molecule has 3 aliphatic rings. The number of phenols is 2. The summed E-state index contributed by atoms with van der Waals surface area (Å²) in [7, 11) is 0. The van der Waals surface area contributed by atoms with E-state index in [0.29, 0.717) is 17.8 Å². The van der Waals surface area contributed by atoms with Crippen LogP contribution >= 0.6 is 0 Å². The van der Waals surface area contributed by atoms with E-state index in [4.69, 9.17) is 0 Å². The number of aliphatic hydroxyl groups excluding tert-OH is 1. The third-order valence-electron chi connectivity index (χ3n) is 6.81.